The number of sulfonamides is 1. The molecule has 1 aromatic rings. The molecule has 0 amide bonds. The van der Waals surface area contributed by atoms with Crippen LogP contribution in [-0.4, -0.2) is 31.6 Å². The molecule has 4 nitrogen and oxygen atoms in total. The average Bonchev–Trinajstić information content (AvgIpc) is 2.77. The van der Waals surface area contributed by atoms with Crippen molar-refractivity contribution in [3.8, 4) is 0 Å². The smallest absolute Gasteiger partial charge is 0.241 e. The van der Waals surface area contributed by atoms with Crippen molar-refractivity contribution >= 4 is 33.1 Å². The Morgan fingerprint density at radius 2 is 2.29 bits per heavy atom. The molecule has 0 saturated heterocycles. The first-order chi connectivity index (χ1) is 8.11. The van der Waals surface area contributed by atoms with Gasteiger partial charge in [0.25, 0.3) is 0 Å². The molecule has 0 spiro atoms. The number of nitrogens with one attached hydrogen (secondary N) is 1. The third-order valence-corrected chi connectivity index (χ3v) is 5.67. The summed E-state index contributed by atoms with van der Waals surface area (Å²) in [6, 6.07) is 1.53. The standard InChI is InChI=1S/C10H17NO3S3/c1-2-15-6-3-5-11-17(13,14)10-4-7-16-9(10)8-12/h4,7,11-12H,2-3,5-6,8H2,1H3. The van der Waals surface area contributed by atoms with Crippen LogP contribution >= 0.6 is 23.1 Å². The van der Waals surface area contributed by atoms with Crippen LogP contribution in [0.1, 0.15) is 18.2 Å². The van der Waals surface area contributed by atoms with E-state index in [1.54, 1.807) is 17.1 Å². The van der Waals surface area contributed by atoms with E-state index >= 15 is 0 Å². The number of aliphatic hydroxyl groups excluding tert-OH is 1. The molecule has 98 valence electrons. The van der Waals surface area contributed by atoms with Crippen LogP contribution in [0.25, 0.3) is 0 Å². The number of thiophene rings is 1. The fourth-order valence-electron chi connectivity index (χ4n) is 1.29. The molecule has 1 aromatic heterocycles. The minimum atomic E-state index is -3.46. The maximum Gasteiger partial charge on any atom is 0.241 e. The number of aliphatic hydroxyl groups is 1. The zero-order valence-electron chi connectivity index (χ0n) is 9.68. The largest absolute Gasteiger partial charge is 0.391 e. The van der Waals surface area contributed by atoms with E-state index in [1.807, 2.05) is 0 Å². The van der Waals surface area contributed by atoms with Crippen LogP contribution in [-0.2, 0) is 16.6 Å². The van der Waals surface area contributed by atoms with Gasteiger partial charge in [0, 0.05) is 11.4 Å². The van der Waals surface area contributed by atoms with Crippen LogP contribution in [0, 0.1) is 0 Å². The Morgan fingerprint density at radius 3 is 2.94 bits per heavy atom. The second-order valence-electron chi connectivity index (χ2n) is 3.31. The molecule has 0 aromatic carbocycles. The summed E-state index contributed by atoms with van der Waals surface area (Å²) in [5.41, 5.74) is 0. The Hall–Kier alpha value is -0.0800. The molecule has 0 atom stereocenters. The van der Waals surface area contributed by atoms with E-state index in [9.17, 15) is 8.42 Å². The summed E-state index contributed by atoms with van der Waals surface area (Å²) in [6.45, 7) is 2.28. The fourth-order valence-corrected chi connectivity index (χ4v) is 4.29. The van der Waals surface area contributed by atoms with Gasteiger partial charge in [0.05, 0.1) is 11.5 Å². The summed E-state index contributed by atoms with van der Waals surface area (Å²) in [5, 5.41) is 10.7. The van der Waals surface area contributed by atoms with E-state index in [4.69, 9.17) is 5.11 Å². The average molecular weight is 295 g/mol. The van der Waals surface area contributed by atoms with Gasteiger partial charge in [-0.25, -0.2) is 13.1 Å². The molecule has 0 fully saturated rings. The van der Waals surface area contributed by atoms with Crippen LogP contribution in [0.4, 0.5) is 0 Å². The molecule has 0 bridgehead atoms. The van der Waals surface area contributed by atoms with Crippen molar-refractivity contribution in [2.45, 2.75) is 24.8 Å². The van der Waals surface area contributed by atoms with E-state index in [0.717, 1.165) is 17.9 Å². The van der Waals surface area contributed by atoms with Crippen LogP contribution in [0.5, 0.6) is 0 Å². The SMILES string of the molecule is CCSCCCNS(=O)(=O)c1ccsc1CO. The predicted octanol–water partition coefficient (Wildman–Crippen LogP) is 1.66. The highest BCUT2D eigenvalue weighted by molar-refractivity contribution is 7.99. The summed E-state index contributed by atoms with van der Waals surface area (Å²) in [6.07, 6.45) is 0.816. The van der Waals surface area contributed by atoms with Gasteiger partial charge in [-0.2, -0.15) is 11.8 Å². The summed E-state index contributed by atoms with van der Waals surface area (Å²) >= 11 is 3.04. The number of hydrogen-bond donors (Lipinski definition) is 2. The zero-order valence-corrected chi connectivity index (χ0v) is 12.1. The minimum Gasteiger partial charge on any atom is -0.391 e. The highest BCUT2D eigenvalue weighted by atomic mass is 32.2. The van der Waals surface area contributed by atoms with E-state index in [2.05, 4.69) is 11.6 Å². The van der Waals surface area contributed by atoms with Gasteiger partial charge in [-0.15, -0.1) is 11.3 Å². The van der Waals surface area contributed by atoms with Gasteiger partial charge < -0.3 is 5.11 Å². The van der Waals surface area contributed by atoms with Gasteiger partial charge in [-0.3, -0.25) is 0 Å². The second-order valence-corrected chi connectivity index (χ2v) is 7.44. The van der Waals surface area contributed by atoms with Crippen molar-refractivity contribution in [3.63, 3.8) is 0 Å². The first-order valence-corrected chi connectivity index (χ1v) is 8.88. The van der Waals surface area contributed by atoms with Crippen molar-refractivity contribution in [3.05, 3.63) is 16.3 Å². The molecule has 17 heavy (non-hydrogen) atoms. The molecular weight excluding hydrogens is 278 g/mol. The Morgan fingerprint density at radius 1 is 1.53 bits per heavy atom. The Labute approximate surface area is 110 Å². The first-order valence-electron chi connectivity index (χ1n) is 5.36. The maximum absolute atomic E-state index is 11.9. The molecule has 0 saturated carbocycles. The topological polar surface area (TPSA) is 66.4 Å². The maximum atomic E-state index is 11.9. The minimum absolute atomic E-state index is 0.202. The third-order valence-electron chi connectivity index (χ3n) is 2.10. The molecule has 2 N–H and O–H groups in total. The fraction of sp³-hybridized carbons (Fsp3) is 0.600. The van der Waals surface area contributed by atoms with Crippen molar-refractivity contribution in [2.75, 3.05) is 18.1 Å². The summed E-state index contributed by atoms with van der Waals surface area (Å²) in [7, 11) is -3.46. The third kappa shape index (κ3) is 4.59. The van der Waals surface area contributed by atoms with Gasteiger partial charge in [0.15, 0.2) is 0 Å². The van der Waals surface area contributed by atoms with Crippen LogP contribution in [0.2, 0.25) is 0 Å². The van der Waals surface area contributed by atoms with Crippen molar-refractivity contribution in [1.82, 2.24) is 4.72 Å². The molecule has 7 heteroatoms. The quantitative estimate of drug-likeness (QED) is 0.716. The van der Waals surface area contributed by atoms with Gasteiger partial charge in [-0.05, 0) is 29.4 Å². The Bertz CT molecular complexity index is 428. The van der Waals surface area contributed by atoms with Gasteiger partial charge in [0.2, 0.25) is 10.0 Å². The van der Waals surface area contributed by atoms with E-state index < -0.39 is 10.0 Å². The molecule has 0 aliphatic heterocycles. The normalized spacial score (nSPS) is 11.9. The highest BCUT2D eigenvalue weighted by Crippen LogP contribution is 2.21. The van der Waals surface area contributed by atoms with Gasteiger partial charge in [-0.1, -0.05) is 6.92 Å². The molecule has 1 rings (SSSR count). The van der Waals surface area contributed by atoms with Crippen molar-refractivity contribution < 1.29 is 13.5 Å². The second kappa shape index (κ2) is 7.38. The van der Waals surface area contributed by atoms with E-state index in [1.165, 1.54) is 17.4 Å². The van der Waals surface area contributed by atoms with Gasteiger partial charge in [0.1, 0.15) is 0 Å². The first kappa shape index (κ1) is 15.0. The molecule has 0 aliphatic carbocycles. The monoisotopic (exact) mass is 295 g/mol. The lowest BCUT2D eigenvalue weighted by atomic mass is 10.5. The lowest BCUT2D eigenvalue weighted by molar-refractivity contribution is 0.282. The van der Waals surface area contributed by atoms with Crippen molar-refractivity contribution in [2.24, 2.45) is 0 Å². The zero-order chi connectivity index (χ0) is 12.7. The molecular formula is C10H17NO3S3. The number of rotatable bonds is 8. The predicted molar refractivity (Wildman–Crippen MR) is 73.0 cm³/mol. The lowest BCUT2D eigenvalue weighted by Gasteiger charge is -2.06. The molecule has 1 heterocycles. The molecule has 0 aliphatic rings. The van der Waals surface area contributed by atoms with Crippen molar-refractivity contribution in [1.29, 1.82) is 0 Å². The number of thioether (sulfide) groups is 1. The Kier molecular flexibility index (Phi) is 6.50. The summed E-state index contributed by atoms with van der Waals surface area (Å²) in [5.74, 6) is 2.00. The van der Waals surface area contributed by atoms with Gasteiger partial charge >= 0.3 is 0 Å². The molecule has 0 radical (unpaired) electrons. The highest BCUT2D eigenvalue weighted by Gasteiger charge is 2.18. The Balaban J connectivity index is 2.51. The van der Waals surface area contributed by atoms with E-state index in [-0.39, 0.29) is 11.5 Å². The van der Waals surface area contributed by atoms with Crippen LogP contribution in [0.3, 0.4) is 0 Å². The molecule has 0 unspecified atom stereocenters. The summed E-state index contributed by atoms with van der Waals surface area (Å²) < 4.78 is 26.3. The van der Waals surface area contributed by atoms with Crippen LogP contribution in [0.15, 0.2) is 16.3 Å². The lowest BCUT2D eigenvalue weighted by Crippen LogP contribution is -2.25. The summed E-state index contributed by atoms with van der Waals surface area (Å²) in [4.78, 5) is 0.688. The van der Waals surface area contributed by atoms with Crippen LogP contribution < -0.4 is 4.72 Å². The van der Waals surface area contributed by atoms with E-state index in [0.29, 0.717) is 11.4 Å². The number of hydrogen-bond acceptors (Lipinski definition) is 5.